The largest absolute Gasteiger partial charge is 0.479 e. The van der Waals surface area contributed by atoms with Crippen LogP contribution in [0.1, 0.15) is 12.6 Å². The molecule has 0 saturated heterocycles. The first-order valence-electron chi connectivity index (χ1n) is 4.62. The Morgan fingerprint density at radius 2 is 2.31 bits per heavy atom. The minimum atomic E-state index is -1.95. The first-order valence-corrected chi connectivity index (χ1v) is 4.62. The number of aromatic nitrogens is 2. The smallest absolute Gasteiger partial charge is 0.337 e. The number of carboxylic acids is 1. The van der Waals surface area contributed by atoms with Gasteiger partial charge in [0.25, 0.3) is 0 Å². The summed E-state index contributed by atoms with van der Waals surface area (Å²) < 4.78 is 0. The van der Waals surface area contributed by atoms with Gasteiger partial charge < -0.3 is 15.5 Å². The molecule has 4 N–H and O–H groups in total. The molecule has 1 aromatic heterocycles. The van der Waals surface area contributed by atoms with Crippen molar-refractivity contribution in [2.24, 2.45) is 0 Å². The molecule has 1 atom stereocenters. The van der Waals surface area contributed by atoms with E-state index < -0.39 is 11.6 Å². The molecule has 1 aromatic rings. The van der Waals surface area contributed by atoms with Gasteiger partial charge in [-0.2, -0.15) is 5.10 Å². The monoisotopic (exact) mass is 227 g/mol. The highest BCUT2D eigenvalue weighted by atomic mass is 16.4. The number of carbonyl (C=O) groups excluding carboxylic acids is 1. The highest BCUT2D eigenvalue weighted by molar-refractivity contribution is 5.81. The van der Waals surface area contributed by atoms with Crippen molar-refractivity contribution < 1.29 is 19.8 Å². The summed E-state index contributed by atoms with van der Waals surface area (Å²) in [7, 11) is 0. The average Bonchev–Trinajstić information content (AvgIpc) is 2.67. The lowest BCUT2D eigenvalue weighted by Gasteiger charge is -2.17. The normalized spacial score (nSPS) is 14.1. The van der Waals surface area contributed by atoms with Crippen LogP contribution in [-0.2, 0) is 16.0 Å². The number of carboxylic acid groups (broad SMARTS) is 1. The fraction of sp³-hybridized carbons (Fsp3) is 0.444. The quantitative estimate of drug-likeness (QED) is 0.510. The summed E-state index contributed by atoms with van der Waals surface area (Å²) in [5, 5.41) is 26.5. The van der Waals surface area contributed by atoms with Crippen molar-refractivity contribution in [3.05, 3.63) is 18.0 Å². The van der Waals surface area contributed by atoms with E-state index in [9.17, 15) is 14.7 Å². The molecule has 0 aliphatic rings. The zero-order valence-corrected chi connectivity index (χ0v) is 8.73. The van der Waals surface area contributed by atoms with E-state index in [-0.39, 0.29) is 18.9 Å². The van der Waals surface area contributed by atoms with Crippen molar-refractivity contribution in [2.45, 2.75) is 18.9 Å². The van der Waals surface area contributed by atoms with Crippen molar-refractivity contribution in [2.75, 3.05) is 6.54 Å². The molecule has 0 saturated carbocycles. The second kappa shape index (κ2) is 4.75. The molecule has 0 radical (unpaired) electrons. The molecule has 0 aliphatic heterocycles. The number of aliphatic carboxylic acids is 1. The maximum atomic E-state index is 11.3. The van der Waals surface area contributed by atoms with E-state index in [1.54, 1.807) is 6.07 Å². The number of rotatable bonds is 5. The molecular weight excluding hydrogens is 214 g/mol. The number of hydrogen-bond acceptors (Lipinski definition) is 4. The third-order valence-electron chi connectivity index (χ3n) is 2.00. The summed E-state index contributed by atoms with van der Waals surface area (Å²) in [6.45, 7) is 0.779. The molecule has 1 unspecified atom stereocenters. The van der Waals surface area contributed by atoms with Crippen LogP contribution in [0.4, 0.5) is 0 Å². The van der Waals surface area contributed by atoms with E-state index in [0.717, 1.165) is 6.92 Å². The van der Waals surface area contributed by atoms with Gasteiger partial charge in [-0.05, 0) is 13.0 Å². The summed E-state index contributed by atoms with van der Waals surface area (Å²) in [4.78, 5) is 21.8. The lowest BCUT2D eigenvalue weighted by Crippen LogP contribution is -2.46. The van der Waals surface area contributed by atoms with Gasteiger partial charge in [0.15, 0.2) is 5.60 Å². The Balaban J connectivity index is 2.39. The number of carbonyl (C=O) groups is 2. The molecule has 7 heteroatoms. The van der Waals surface area contributed by atoms with E-state index in [2.05, 4.69) is 15.5 Å². The fourth-order valence-corrected chi connectivity index (χ4v) is 0.965. The Hall–Kier alpha value is -1.89. The molecule has 0 spiro atoms. The summed E-state index contributed by atoms with van der Waals surface area (Å²) in [5.74, 6) is -1.76. The first-order chi connectivity index (χ1) is 7.42. The summed E-state index contributed by atoms with van der Waals surface area (Å²) in [6, 6.07) is 1.63. The van der Waals surface area contributed by atoms with Crippen LogP contribution in [0.2, 0.25) is 0 Å². The van der Waals surface area contributed by atoms with Crippen LogP contribution in [0.5, 0.6) is 0 Å². The molecule has 0 fully saturated rings. The maximum absolute atomic E-state index is 11.3. The number of aliphatic hydroxyl groups is 1. The van der Waals surface area contributed by atoms with Gasteiger partial charge in [-0.1, -0.05) is 0 Å². The van der Waals surface area contributed by atoms with Crippen molar-refractivity contribution >= 4 is 11.9 Å². The van der Waals surface area contributed by atoms with Gasteiger partial charge in [-0.3, -0.25) is 9.89 Å². The lowest BCUT2D eigenvalue weighted by molar-refractivity contribution is -0.156. The van der Waals surface area contributed by atoms with Gasteiger partial charge in [0.2, 0.25) is 5.91 Å². The van der Waals surface area contributed by atoms with Crippen LogP contribution in [0.25, 0.3) is 0 Å². The first kappa shape index (κ1) is 12.2. The van der Waals surface area contributed by atoms with Gasteiger partial charge in [-0.25, -0.2) is 4.79 Å². The fourth-order valence-electron chi connectivity index (χ4n) is 0.965. The standard InChI is InChI=1S/C9H13N3O4/c1-9(16,8(14)15)5-10-7(13)4-6-2-3-11-12-6/h2-3,16H,4-5H2,1H3,(H,10,13)(H,11,12)(H,14,15). The Morgan fingerprint density at radius 3 is 2.81 bits per heavy atom. The number of nitrogens with one attached hydrogen (secondary N) is 2. The van der Waals surface area contributed by atoms with Gasteiger partial charge in [0.1, 0.15) is 0 Å². The molecule has 1 rings (SSSR count). The van der Waals surface area contributed by atoms with Crippen LogP contribution in [0.15, 0.2) is 12.3 Å². The second-order valence-corrected chi connectivity index (χ2v) is 3.61. The SMILES string of the molecule is CC(O)(CNC(=O)Cc1ccn[nH]1)C(=O)O. The number of amides is 1. The Labute approximate surface area is 91.5 Å². The van der Waals surface area contributed by atoms with Gasteiger partial charge >= 0.3 is 5.97 Å². The van der Waals surface area contributed by atoms with E-state index in [1.807, 2.05) is 0 Å². The highest BCUT2D eigenvalue weighted by Crippen LogP contribution is 2.01. The third kappa shape index (κ3) is 3.35. The number of H-pyrrole nitrogens is 1. The predicted octanol–water partition coefficient (Wildman–Crippen LogP) is -1.10. The van der Waals surface area contributed by atoms with Crippen LogP contribution in [-0.4, -0.2) is 44.4 Å². The zero-order chi connectivity index (χ0) is 12.2. The van der Waals surface area contributed by atoms with E-state index in [4.69, 9.17) is 5.11 Å². The van der Waals surface area contributed by atoms with Crippen LogP contribution >= 0.6 is 0 Å². The summed E-state index contributed by atoms with van der Waals surface area (Å²) >= 11 is 0. The third-order valence-corrected chi connectivity index (χ3v) is 2.00. The zero-order valence-electron chi connectivity index (χ0n) is 8.73. The molecule has 16 heavy (non-hydrogen) atoms. The number of nitrogens with zero attached hydrogens (tertiary/aromatic N) is 1. The van der Waals surface area contributed by atoms with Crippen LogP contribution < -0.4 is 5.32 Å². The summed E-state index contributed by atoms with van der Waals surface area (Å²) in [6.07, 6.45) is 1.58. The minimum Gasteiger partial charge on any atom is -0.479 e. The Bertz CT molecular complexity index is 372. The Morgan fingerprint density at radius 1 is 1.62 bits per heavy atom. The van der Waals surface area contributed by atoms with E-state index in [0.29, 0.717) is 5.69 Å². The van der Waals surface area contributed by atoms with Gasteiger partial charge in [0.05, 0.1) is 13.0 Å². The topological polar surface area (TPSA) is 115 Å². The molecule has 0 aromatic carbocycles. The minimum absolute atomic E-state index is 0.0652. The van der Waals surface area contributed by atoms with Crippen LogP contribution in [0.3, 0.4) is 0 Å². The van der Waals surface area contributed by atoms with Crippen LogP contribution in [0, 0.1) is 0 Å². The molecule has 0 aliphatic carbocycles. The molecule has 88 valence electrons. The summed E-state index contributed by atoms with van der Waals surface area (Å²) in [5.41, 5.74) is -1.34. The van der Waals surface area contributed by atoms with E-state index >= 15 is 0 Å². The highest BCUT2D eigenvalue weighted by Gasteiger charge is 2.30. The molecular formula is C9H13N3O4. The van der Waals surface area contributed by atoms with Crippen molar-refractivity contribution in [1.29, 1.82) is 0 Å². The maximum Gasteiger partial charge on any atom is 0.337 e. The molecule has 1 heterocycles. The Kier molecular flexibility index (Phi) is 3.62. The van der Waals surface area contributed by atoms with Crippen molar-refractivity contribution in [3.63, 3.8) is 0 Å². The predicted molar refractivity (Wildman–Crippen MR) is 53.6 cm³/mol. The molecule has 0 bridgehead atoms. The lowest BCUT2D eigenvalue weighted by atomic mass is 10.1. The average molecular weight is 227 g/mol. The van der Waals surface area contributed by atoms with Gasteiger partial charge in [0, 0.05) is 11.9 Å². The van der Waals surface area contributed by atoms with E-state index in [1.165, 1.54) is 6.20 Å². The number of aromatic amines is 1. The van der Waals surface area contributed by atoms with Gasteiger partial charge in [-0.15, -0.1) is 0 Å². The number of hydrogen-bond donors (Lipinski definition) is 4. The molecule has 1 amide bonds. The van der Waals surface area contributed by atoms with Crippen molar-refractivity contribution in [3.8, 4) is 0 Å². The second-order valence-electron chi connectivity index (χ2n) is 3.61. The van der Waals surface area contributed by atoms with Crippen molar-refractivity contribution in [1.82, 2.24) is 15.5 Å². The molecule has 7 nitrogen and oxygen atoms in total.